The van der Waals surface area contributed by atoms with E-state index in [4.69, 9.17) is 4.74 Å². The third-order valence-corrected chi connectivity index (χ3v) is 2.29. The van der Waals surface area contributed by atoms with Crippen LogP contribution in [0.4, 0.5) is 17.6 Å². The van der Waals surface area contributed by atoms with E-state index in [-0.39, 0.29) is 18.1 Å². The first-order valence-corrected chi connectivity index (χ1v) is 5.70. The lowest BCUT2D eigenvalue weighted by Crippen LogP contribution is -2.33. The fourth-order valence-corrected chi connectivity index (χ4v) is 1.25. The second kappa shape index (κ2) is 6.53. The molecule has 0 unspecified atom stereocenters. The van der Waals surface area contributed by atoms with Crippen LogP contribution < -0.4 is 4.74 Å². The Morgan fingerprint density at radius 1 is 1.45 bits per heavy atom. The van der Waals surface area contributed by atoms with Crippen LogP contribution in [0.15, 0.2) is 12.3 Å². The second-order valence-corrected chi connectivity index (χ2v) is 3.91. The van der Waals surface area contributed by atoms with Crippen LogP contribution in [0, 0.1) is 6.92 Å². The van der Waals surface area contributed by atoms with Crippen LogP contribution in [-0.4, -0.2) is 36.5 Å². The number of pyridine rings is 1. The summed E-state index contributed by atoms with van der Waals surface area (Å²) in [5.74, 6) is -5.01. The van der Waals surface area contributed by atoms with Crippen molar-refractivity contribution in [1.29, 1.82) is 0 Å². The first-order chi connectivity index (χ1) is 9.27. The normalized spacial score (nSPS) is 11.6. The molecule has 0 saturated heterocycles. The molecule has 0 aliphatic rings. The number of aryl methyl sites for hydroxylation is 1. The maximum atomic E-state index is 12.7. The van der Waals surface area contributed by atoms with Crippen LogP contribution in [0.3, 0.4) is 0 Å². The fourth-order valence-electron chi connectivity index (χ4n) is 1.25. The summed E-state index contributed by atoms with van der Waals surface area (Å²) in [4.78, 5) is 15.0. The molecule has 20 heavy (non-hydrogen) atoms. The number of hydrogen-bond donors (Lipinski definition) is 0. The molecule has 0 amide bonds. The summed E-state index contributed by atoms with van der Waals surface area (Å²) < 4.78 is 58.7. The minimum Gasteiger partial charge on any atom is -0.485 e. The van der Waals surface area contributed by atoms with Crippen molar-refractivity contribution in [2.75, 3.05) is 13.2 Å². The van der Waals surface area contributed by atoms with Gasteiger partial charge in [-0.25, -0.2) is 18.6 Å². The van der Waals surface area contributed by atoms with Crippen LogP contribution in [0.2, 0.25) is 0 Å². The van der Waals surface area contributed by atoms with Gasteiger partial charge in [0.1, 0.15) is 11.4 Å². The third-order valence-electron chi connectivity index (χ3n) is 2.29. The van der Waals surface area contributed by atoms with E-state index in [0.717, 1.165) is 6.20 Å². The van der Waals surface area contributed by atoms with Gasteiger partial charge in [0.2, 0.25) is 0 Å². The highest BCUT2D eigenvalue weighted by atomic mass is 19.3. The minimum absolute atomic E-state index is 0.0164. The molecule has 0 radical (unpaired) electrons. The van der Waals surface area contributed by atoms with Crippen LogP contribution >= 0.6 is 0 Å². The molecule has 8 heteroatoms. The number of carbonyl (C=O) groups excluding carboxylic acids is 1. The minimum atomic E-state index is -4.24. The topological polar surface area (TPSA) is 48.4 Å². The Morgan fingerprint density at radius 3 is 2.60 bits per heavy atom. The average Bonchev–Trinajstić information content (AvgIpc) is 2.37. The summed E-state index contributed by atoms with van der Waals surface area (Å²) in [5, 5.41) is 0. The molecule has 0 bridgehead atoms. The Balaban J connectivity index is 2.77. The smallest absolute Gasteiger partial charge is 0.356 e. The van der Waals surface area contributed by atoms with E-state index in [2.05, 4.69) is 9.72 Å². The first-order valence-electron chi connectivity index (χ1n) is 5.70. The number of rotatable bonds is 6. The van der Waals surface area contributed by atoms with E-state index in [1.807, 2.05) is 0 Å². The van der Waals surface area contributed by atoms with E-state index in [9.17, 15) is 22.4 Å². The van der Waals surface area contributed by atoms with Crippen molar-refractivity contribution in [2.24, 2.45) is 0 Å². The Bertz CT molecular complexity index is 480. The second-order valence-electron chi connectivity index (χ2n) is 3.91. The zero-order valence-corrected chi connectivity index (χ0v) is 10.8. The lowest BCUT2D eigenvalue weighted by atomic mass is 10.2. The molecule has 1 rings (SSSR count). The maximum absolute atomic E-state index is 12.7. The molecule has 112 valence electrons. The van der Waals surface area contributed by atoms with Gasteiger partial charge in [0.05, 0.1) is 12.8 Å². The van der Waals surface area contributed by atoms with E-state index in [1.54, 1.807) is 6.92 Å². The summed E-state index contributed by atoms with van der Waals surface area (Å²) in [6, 6.07) is 1.27. The van der Waals surface area contributed by atoms with Gasteiger partial charge in [0.15, 0.2) is 6.61 Å². The van der Waals surface area contributed by atoms with E-state index in [1.165, 1.54) is 13.0 Å². The molecule has 0 N–H and O–H groups in total. The average molecular weight is 295 g/mol. The van der Waals surface area contributed by atoms with Crippen LogP contribution in [0.1, 0.15) is 23.0 Å². The zero-order chi connectivity index (χ0) is 15.3. The Morgan fingerprint density at radius 2 is 2.10 bits per heavy atom. The van der Waals surface area contributed by atoms with Crippen molar-refractivity contribution in [3.8, 4) is 5.75 Å². The van der Waals surface area contributed by atoms with Crippen molar-refractivity contribution >= 4 is 5.97 Å². The lowest BCUT2D eigenvalue weighted by molar-refractivity contribution is -0.148. The van der Waals surface area contributed by atoms with Gasteiger partial charge in [0.25, 0.3) is 0 Å². The monoisotopic (exact) mass is 295 g/mol. The molecule has 0 aromatic carbocycles. The SMILES string of the molecule is CCOC(=O)c1cc(C)c(OCC(F)(F)C(F)F)cn1. The Hall–Kier alpha value is -1.86. The molecule has 0 atom stereocenters. The van der Waals surface area contributed by atoms with Gasteiger partial charge in [-0.3, -0.25) is 0 Å². The summed E-state index contributed by atoms with van der Waals surface area (Å²) in [6.45, 7) is 1.79. The van der Waals surface area contributed by atoms with E-state index in [0.29, 0.717) is 5.56 Å². The Labute approximate surface area is 112 Å². The Kier molecular flexibility index (Phi) is 5.29. The molecule has 0 fully saturated rings. The predicted octanol–water partition coefficient (Wildman–Crippen LogP) is 2.85. The van der Waals surface area contributed by atoms with Gasteiger partial charge in [-0.2, -0.15) is 8.78 Å². The van der Waals surface area contributed by atoms with E-state index < -0.39 is 24.9 Å². The van der Waals surface area contributed by atoms with Gasteiger partial charge >= 0.3 is 18.3 Å². The third kappa shape index (κ3) is 4.07. The highest BCUT2D eigenvalue weighted by Crippen LogP contribution is 2.25. The number of halogens is 4. The molecular weight excluding hydrogens is 282 g/mol. The van der Waals surface area contributed by atoms with Crippen molar-refractivity contribution in [3.05, 3.63) is 23.5 Å². The number of ether oxygens (including phenoxy) is 2. The molecular formula is C12H13F4NO3. The standard InChI is InChI=1S/C12H13F4NO3/c1-3-19-10(18)8-4-7(2)9(5-17-8)20-6-12(15,16)11(13)14/h4-5,11H,3,6H2,1-2H3. The number of carbonyl (C=O) groups is 1. The van der Waals surface area contributed by atoms with Crippen LogP contribution in [0.5, 0.6) is 5.75 Å². The van der Waals surface area contributed by atoms with Crippen molar-refractivity contribution < 1.29 is 31.8 Å². The quantitative estimate of drug-likeness (QED) is 0.598. The van der Waals surface area contributed by atoms with Gasteiger partial charge in [-0.05, 0) is 25.5 Å². The largest absolute Gasteiger partial charge is 0.485 e. The van der Waals surface area contributed by atoms with Gasteiger partial charge < -0.3 is 9.47 Å². The molecule has 1 heterocycles. The maximum Gasteiger partial charge on any atom is 0.356 e. The number of aromatic nitrogens is 1. The molecule has 1 aromatic rings. The fraction of sp³-hybridized carbons (Fsp3) is 0.500. The number of hydrogen-bond acceptors (Lipinski definition) is 4. The zero-order valence-electron chi connectivity index (χ0n) is 10.8. The number of alkyl halides is 4. The van der Waals surface area contributed by atoms with Gasteiger partial charge in [-0.15, -0.1) is 0 Å². The lowest BCUT2D eigenvalue weighted by Gasteiger charge is -2.16. The summed E-state index contributed by atoms with van der Waals surface area (Å²) in [6.07, 6.45) is -2.79. The highest BCUT2D eigenvalue weighted by Gasteiger charge is 2.41. The molecule has 0 spiro atoms. The van der Waals surface area contributed by atoms with Crippen LogP contribution in [-0.2, 0) is 4.74 Å². The summed E-state index contributed by atoms with van der Waals surface area (Å²) in [5.41, 5.74) is 0.297. The summed E-state index contributed by atoms with van der Waals surface area (Å²) >= 11 is 0. The highest BCUT2D eigenvalue weighted by molar-refractivity contribution is 5.87. The first kappa shape index (κ1) is 16.2. The number of nitrogens with zero attached hydrogens (tertiary/aromatic N) is 1. The predicted molar refractivity (Wildman–Crippen MR) is 61.4 cm³/mol. The molecule has 0 aliphatic carbocycles. The molecule has 1 aromatic heterocycles. The molecule has 0 aliphatic heterocycles. The van der Waals surface area contributed by atoms with Gasteiger partial charge in [-0.1, -0.05) is 0 Å². The molecule has 4 nitrogen and oxygen atoms in total. The molecule has 0 saturated carbocycles. The van der Waals surface area contributed by atoms with E-state index >= 15 is 0 Å². The van der Waals surface area contributed by atoms with Crippen molar-refractivity contribution in [2.45, 2.75) is 26.2 Å². The number of esters is 1. The summed E-state index contributed by atoms with van der Waals surface area (Å²) in [7, 11) is 0. The van der Waals surface area contributed by atoms with Crippen molar-refractivity contribution in [1.82, 2.24) is 4.98 Å². The van der Waals surface area contributed by atoms with Gasteiger partial charge in [0, 0.05) is 0 Å². The van der Waals surface area contributed by atoms with Crippen molar-refractivity contribution in [3.63, 3.8) is 0 Å². The van der Waals surface area contributed by atoms with Crippen LogP contribution in [0.25, 0.3) is 0 Å².